The first kappa shape index (κ1) is 10.9. The third-order valence-electron chi connectivity index (χ3n) is 2.78. The largest absolute Gasteiger partial charge is 0.490 e. The number of non-ortho nitro benzene ring substituents is 1. The van der Waals surface area contributed by atoms with Gasteiger partial charge in [-0.05, 0) is 31.4 Å². The van der Waals surface area contributed by atoms with E-state index in [9.17, 15) is 10.1 Å². The van der Waals surface area contributed by atoms with Gasteiger partial charge in [-0.15, -0.1) is 0 Å². The topological polar surface area (TPSA) is 78.4 Å². The zero-order valence-corrected chi connectivity index (χ0v) is 8.83. The van der Waals surface area contributed by atoms with Crippen LogP contribution in [0.2, 0.25) is 0 Å². The summed E-state index contributed by atoms with van der Waals surface area (Å²) in [6.07, 6.45) is 2.95. The average Bonchev–Trinajstić information content (AvgIpc) is 2.65. The summed E-state index contributed by atoms with van der Waals surface area (Å²) >= 11 is 0. The Kier molecular flexibility index (Phi) is 3.05. The van der Waals surface area contributed by atoms with E-state index in [2.05, 4.69) is 0 Å². The molecule has 0 aliphatic heterocycles. The average molecular weight is 222 g/mol. The first-order valence-electron chi connectivity index (χ1n) is 5.32. The Hall–Kier alpha value is -1.62. The molecule has 5 nitrogen and oxygen atoms in total. The fourth-order valence-electron chi connectivity index (χ4n) is 1.92. The maximum atomic E-state index is 10.4. The van der Waals surface area contributed by atoms with Gasteiger partial charge in [0.2, 0.25) is 0 Å². The van der Waals surface area contributed by atoms with E-state index in [1.165, 1.54) is 12.1 Å². The van der Waals surface area contributed by atoms with Crippen molar-refractivity contribution in [2.45, 2.75) is 31.4 Å². The number of hydrogen-bond acceptors (Lipinski definition) is 4. The molecule has 0 amide bonds. The maximum Gasteiger partial charge on any atom is 0.269 e. The summed E-state index contributed by atoms with van der Waals surface area (Å²) in [6, 6.07) is 6.38. The van der Waals surface area contributed by atoms with Gasteiger partial charge >= 0.3 is 0 Å². The first-order valence-corrected chi connectivity index (χ1v) is 5.32. The molecule has 1 fully saturated rings. The van der Waals surface area contributed by atoms with Gasteiger partial charge in [0.05, 0.1) is 4.92 Å². The van der Waals surface area contributed by atoms with E-state index in [1.54, 1.807) is 12.1 Å². The van der Waals surface area contributed by atoms with E-state index >= 15 is 0 Å². The molecule has 2 N–H and O–H groups in total. The highest BCUT2D eigenvalue weighted by atomic mass is 16.6. The van der Waals surface area contributed by atoms with Gasteiger partial charge in [0.1, 0.15) is 11.9 Å². The Morgan fingerprint density at radius 3 is 2.50 bits per heavy atom. The van der Waals surface area contributed by atoms with Crippen LogP contribution in [0.5, 0.6) is 5.75 Å². The summed E-state index contributed by atoms with van der Waals surface area (Å²) < 4.78 is 5.68. The van der Waals surface area contributed by atoms with Crippen molar-refractivity contribution in [2.24, 2.45) is 5.73 Å². The van der Waals surface area contributed by atoms with Gasteiger partial charge in [-0.2, -0.15) is 0 Å². The molecule has 0 spiro atoms. The van der Waals surface area contributed by atoms with Gasteiger partial charge in [-0.3, -0.25) is 10.1 Å². The molecule has 0 radical (unpaired) electrons. The monoisotopic (exact) mass is 222 g/mol. The highest BCUT2D eigenvalue weighted by Crippen LogP contribution is 2.24. The van der Waals surface area contributed by atoms with Crippen LogP contribution >= 0.6 is 0 Å². The van der Waals surface area contributed by atoms with Gasteiger partial charge in [0.25, 0.3) is 5.69 Å². The second kappa shape index (κ2) is 4.49. The Morgan fingerprint density at radius 2 is 2.00 bits per heavy atom. The lowest BCUT2D eigenvalue weighted by molar-refractivity contribution is -0.384. The lowest BCUT2D eigenvalue weighted by Crippen LogP contribution is -2.19. The molecule has 16 heavy (non-hydrogen) atoms. The van der Waals surface area contributed by atoms with Crippen LogP contribution in [0.15, 0.2) is 24.3 Å². The van der Waals surface area contributed by atoms with Crippen molar-refractivity contribution in [3.8, 4) is 5.75 Å². The lowest BCUT2D eigenvalue weighted by Gasteiger charge is -2.12. The third-order valence-corrected chi connectivity index (χ3v) is 2.78. The Bertz CT molecular complexity index is 377. The Morgan fingerprint density at radius 1 is 1.31 bits per heavy atom. The molecule has 5 heteroatoms. The molecule has 0 heterocycles. The van der Waals surface area contributed by atoms with Crippen LogP contribution in [0, 0.1) is 10.1 Å². The summed E-state index contributed by atoms with van der Waals surface area (Å²) in [5.41, 5.74) is 5.85. The molecule has 0 aromatic heterocycles. The van der Waals surface area contributed by atoms with Gasteiger partial charge in [0.15, 0.2) is 0 Å². The van der Waals surface area contributed by atoms with Gasteiger partial charge in [-0.1, -0.05) is 0 Å². The van der Waals surface area contributed by atoms with Crippen LogP contribution in [-0.2, 0) is 0 Å². The quantitative estimate of drug-likeness (QED) is 0.625. The van der Waals surface area contributed by atoms with E-state index in [0.29, 0.717) is 5.75 Å². The normalized spacial score (nSPS) is 24.3. The maximum absolute atomic E-state index is 10.4. The molecule has 1 aliphatic carbocycles. The van der Waals surface area contributed by atoms with Crippen molar-refractivity contribution in [3.05, 3.63) is 34.4 Å². The highest BCUT2D eigenvalue weighted by molar-refractivity contribution is 5.36. The number of ether oxygens (including phenoxy) is 1. The molecule has 2 unspecified atom stereocenters. The number of nitrogens with two attached hydrogens (primary N) is 1. The standard InChI is InChI=1S/C11H14N2O3/c12-8-1-4-11(7-8)16-10-5-2-9(3-6-10)13(14)15/h2-3,5-6,8,11H,1,4,7,12H2. The predicted octanol–water partition coefficient (Wildman–Crippen LogP) is 1.85. The lowest BCUT2D eigenvalue weighted by atomic mass is 10.2. The molecular weight excluding hydrogens is 208 g/mol. The second-order valence-electron chi connectivity index (χ2n) is 4.06. The van der Waals surface area contributed by atoms with Crippen LogP contribution in [0.3, 0.4) is 0 Å². The third kappa shape index (κ3) is 2.49. The Labute approximate surface area is 93.4 Å². The van der Waals surface area contributed by atoms with E-state index in [1.807, 2.05) is 0 Å². The van der Waals surface area contributed by atoms with Gasteiger partial charge in [0, 0.05) is 18.2 Å². The second-order valence-corrected chi connectivity index (χ2v) is 4.06. The molecule has 1 aromatic carbocycles. The summed E-state index contributed by atoms with van der Waals surface area (Å²) in [5.74, 6) is 0.671. The minimum Gasteiger partial charge on any atom is -0.490 e. The number of nitrogens with zero attached hydrogens (tertiary/aromatic N) is 1. The first-order chi connectivity index (χ1) is 7.65. The van der Waals surface area contributed by atoms with Crippen molar-refractivity contribution in [1.82, 2.24) is 0 Å². The van der Waals surface area contributed by atoms with E-state index < -0.39 is 4.92 Å². The number of rotatable bonds is 3. The number of nitro benzene ring substituents is 1. The van der Waals surface area contributed by atoms with Crippen molar-refractivity contribution in [1.29, 1.82) is 0 Å². The summed E-state index contributed by atoms with van der Waals surface area (Å²) in [4.78, 5) is 10.0. The minimum absolute atomic E-state index is 0.0791. The highest BCUT2D eigenvalue weighted by Gasteiger charge is 2.23. The molecule has 2 atom stereocenters. The fraction of sp³-hybridized carbons (Fsp3) is 0.455. The van der Waals surface area contributed by atoms with Gasteiger partial charge < -0.3 is 10.5 Å². The number of hydrogen-bond donors (Lipinski definition) is 1. The summed E-state index contributed by atoms with van der Waals surface area (Å²) in [5, 5.41) is 10.4. The van der Waals surface area contributed by atoms with Crippen molar-refractivity contribution < 1.29 is 9.66 Å². The van der Waals surface area contributed by atoms with Crippen LogP contribution in [0.1, 0.15) is 19.3 Å². The smallest absolute Gasteiger partial charge is 0.269 e. The molecule has 2 rings (SSSR count). The van der Waals surface area contributed by atoms with Crippen LogP contribution in [0.25, 0.3) is 0 Å². The van der Waals surface area contributed by atoms with Crippen molar-refractivity contribution >= 4 is 5.69 Å². The number of nitro groups is 1. The SMILES string of the molecule is NC1CCC(Oc2ccc([N+](=O)[O-])cc2)C1. The zero-order valence-electron chi connectivity index (χ0n) is 8.83. The zero-order chi connectivity index (χ0) is 11.5. The Balaban J connectivity index is 1.97. The van der Waals surface area contributed by atoms with Crippen LogP contribution in [0.4, 0.5) is 5.69 Å². The molecule has 86 valence electrons. The van der Waals surface area contributed by atoms with Crippen molar-refractivity contribution in [2.75, 3.05) is 0 Å². The van der Waals surface area contributed by atoms with E-state index in [0.717, 1.165) is 19.3 Å². The van der Waals surface area contributed by atoms with Crippen molar-refractivity contribution in [3.63, 3.8) is 0 Å². The molecular formula is C11H14N2O3. The molecule has 0 bridgehead atoms. The van der Waals surface area contributed by atoms with E-state index in [4.69, 9.17) is 10.5 Å². The van der Waals surface area contributed by atoms with Crippen LogP contribution in [-0.4, -0.2) is 17.1 Å². The van der Waals surface area contributed by atoms with Gasteiger partial charge in [-0.25, -0.2) is 0 Å². The molecule has 1 saturated carbocycles. The molecule has 1 aromatic rings. The predicted molar refractivity (Wildman–Crippen MR) is 59.3 cm³/mol. The summed E-state index contributed by atoms with van der Waals surface area (Å²) in [7, 11) is 0. The van der Waals surface area contributed by atoms with E-state index in [-0.39, 0.29) is 17.8 Å². The minimum atomic E-state index is -0.421. The van der Waals surface area contributed by atoms with Crippen LogP contribution < -0.4 is 10.5 Å². The summed E-state index contributed by atoms with van der Waals surface area (Å²) in [6.45, 7) is 0. The fourth-order valence-corrected chi connectivity index (χ4v) is 1.92. The number of benzene rings is 1. The molecule has 1 aliphatic rings. The molecule has 0 saturated heterocycles.